The number of hydrogen-bond acceptors (Lipinski definition) is 5. The number of para-hydroxylation sites is 1. The zero-order valence-electron chi connectivity index (χ0n) is 17.0. The first-order chi connectivity index (χ1) is 14.3. The van der Waals surface area contributed by atoms with Crippen molar-refractivity contribution < 1.29 is 22.7 Å². The summed E-state index contributed by atoms with van der Waals surface area (Å²) >= 11 is 0. The average Bonchev–Trinajstić information content (AvgIpc) is 2.87. The van der Waals surface area contributed by atoms with Crippen molar-refractivity contribution in [2.45, 2.75) is 31.7 Å². The summed E-state index contributed by atoms with van der Waals surface area (Å²) in [6.45, 7) is 3.99. The Bertz CT molecular complexity index is 1050. The van der Waals surface area contributed by atoms with Gasteiger partial charge in [-0.2, -0.15) is 0 Å². The molecule has 0 aromatic heterocycles. The maximum Gasteiger partial charge on any atom is 0.260 e. The Morgan fingerprint density at radius 2 is 1.97 bits per heavy atom. The fourth-order valence-corrected chi connectivity index (χ4v) is 4.42. The molecular formula is C21H25N3O5S. The van der Waals surface area contributed by atoms with Gasteiger partial charge in [0.15, 0.2) is 6.61 Å². The molecule has 2 N–H and O–H groups in total. The summed E-state index contributed by atoms with van der Waals surface area (Å²) in [5, 5.41) is 2.71. The lowest BCUT2D eigenvalue weighted by Gasteiger charge is -2.20. The summed E-state index contributed by atoms with van der Waals surface area (Å²) in [7, 11) is -3.76. The zero-order valence-corrected chi connectivity index (χ0v) is 17.8. The molecular weight excluding hydrogens is 406 g/mol. The van der Waals surface area contributed by atoms with Gasteiger partial charge in [0.2, 0.25) is 15.9 Å². The molecule has 30 heavy (non-hydrogen) atoms. The van der Waals surface area contributed by atoms with E-state index >= 15 is 0 Å². The van der Waals surface area contributed by atoms with E-state index in [1.165, 1.54) is 6.07 Å². The first-order valence-corrected chi connectivity index (χ1v) is 11.2. The first-order valence-electron chi connectivity index (χ1n) is 9.69. The third-order valence-electron chi connectivity index (χ3n) is 4.78. The topological polar surface area (TPSA) is 105 Å². The highest BCUT2D eigenvalue weighted by atomic mass is 32.2. The molecule has 0 atom stereocenters. The van der Waals surface area contributed by atoms with E-state index in [2.05, 4.69) is 10.0 Å². The first kappa shape index (κ1) is 21.8. The summed E-state index contributed by atoms with van der Waals surface area (Å²) < 4.78 is 33.5. The van der Waals surface area contributed by atoms with Gasteiger partial charge in [0, 0.05) is 37.3 Å². The molecule has 0 unspecified atom stereocenters. The van der Waals surface area contributed by atoms with E-state index in [-0.39, 0.29) is 36.4 Å². The maximum absolute atomic E-state index is 12.7. The Morgan fingerprint density at radius 1 is 1.20 bits per heavy atom. The van der Waals surface area contributed by atoms with Gasteiger partial charge in [-0.1, -0.05) is 25.1 Å². The molecule has 9 heteroatoms. The second-order valence-corrected chi connectivity index (χ2v) is 8.73. The standard InChI is InChI=1S/C21H25N3O5S/c1-3-20(25)23-17-8-9-19(15(2)12-17)30(27,28)22-10-11-24-13-16-6-4-5-7-18(16)29-14-21(24)26/h4-9,12,22H,3,10-11,13-14H2,1-2H3,(H,23,25). The van der Waals surface area contributed by atoms with Gasteiger partial charge in [-0.15, -0.1) is 0 Å². The molecule has 0 fully saturated rings. The Balaban J connectivity index is 1.64. The van der Waals surface area contributed by atoms with Crippen LogP contribution in [0.3, 0.4) is 0 Å². The minimum absolute atomic E-state index is 0.0734. The van der Waals surface area contributed by atoms with Gasteiger partial charge < -0.3 is 15.0 Å². The third kappa shape index (κ3) is 5.17. The summed E-state index contributed by atoms with van der Waals surface area (Å²) in [6, 6.07) is 12.0. The molecule has 0 bridgehead atoms. The number of ether oxygens (including phenoxy) is 1. The molecule has 0 saturated heterocycles. The van der Waals surface area contributed by atoms with E-state index < -0.39 is 10.0 Å². The Hall–Kier alpha value is -2.91. The number of aryl methyl sites for hydroxylation is 1. The van der Waals surface area contributed by atoms with Crippen molar-refractivity contribution in [2.75, 3.05) is 25.0 Å². The SMILES string of the molecule is CCC(=O)Nc1ccc(S(=O)(=O)NCCN2Cc3ccccc3OCC2=O)c(C)c1. The zero-order chi connectivity index (χ0) is 21.7. The fourth-order valence-electron chi connectivity index (χ4n) is 3.17. The molecule has 2 amide bonds. The van der Waals surface area contributed by atoms with Crippen LogP contribution in [0.25, 0.3) is 0 Å². The number of rotatable bonds is 7. The van der Waals surface area contributed by atoms with E-state index in [0.717, 1.165) is 5.56 Å². The van der Waals surface area contributed by atoms with Crippen LogP contribution in [0.5, 0.6) is 5.75 Å². The number of nitrogens with zero attached hydrogens (tertiary/aromatic N) is 1. The van der Waals surface area contributed by atoms with Crippen molar-refractivity contribution in [1.29, 1.82) is 0 Å². The van der Waals surface area contributed by atoms with E-state index in [9.17, 15) is 18.0 Å². The van der Waals surface area contributed by atoms with Gasteiger partial charge in [0.1, 0.15) is 5.75 Å². The summed E-state index contributed by atoms with van der Waals surface area (Å²) in [6.07, 6.45) is 0.339. The molecule has 1 aliphatic rings. The maximum atomic E-state index is 12.7. The van der Waals surface area contributed by atoms with E-state index in [1.807, 2.05) is 24.3 Å². The molecule has 0 spiro atoms. The van der Waals surface area contributed by atoms with Crippen LogP contribution in [0, 0.1) is 6.92 Å². The second kappa shape index (κ2) is 9.27. The largest absolute Gasteiger partial charge is 0.483 e. The predicted molar refractivity (Wildman–Crippen MR) is 113 cm³/mol. The number of anilines is 1. The molecule has 0 saturated carbocycles. The van der Waals surface area contributed by atoms with Crippen molar-refractivity contribution >= 4 is 27.5 Å². The number of sulfonamides is 1. The highest BCUT2D eigenvalue weighted by molar-refractivity contribution is 7.89. The second-order valence-electron chi connectivity index (χ2n) is 6.99. The number of benzene rings is 2. The van der Waals surface area contributed by atoms with E-state index in [1.54, 1.807) is 30.9 Å². The van der Waals surface area contributed by atoms with Crippen LogP contribution in [0.15, 0.2) is 47.4 Å². The van der Waals surface area contributed by atoms with Gasteiger partial charge in [-0.05, 0) is 36.8 Å². The lowest BCUT2D eigenvalue weighted by Crippen LogP contribution is -2.39. The van der Waals surface area contributed by atoms with Crippen LogP contribution in [0.1, 0.15) is 24.5 Å². The Morgan fingerprint density at radius 3 is 2.70 bits per heavy atom. The number of hydrogen-bond donors (Lipinski definition) is 2. The quantitative estimate of drug-likeness (QED) is 0.698. The van der Waals surface area contributed by atoms with Gasteiger partial charge in [0.25, 0.3) is 5.91 Å². The van der Waals surface area contributed by atoms with Crippen LogP contribution < -0.4 is 14.8 Å². The van der Waals surface area contributed by atoms with Crippen molar-refractivity contribution in [2.24, 2.45) is 0 Å². The molecule has 8 nitrogen and oxygen atoms in total. The van der Waals surface area contributed by atoms with Crippen molar-refractivity contribution in [3.63, 3.8) is 0 Å². The Kier molecular flexibility index (Phi) is 6.73. The summed E-state index contributed by atoms with van der Waals surface area (Å²) in [5.74, 6) is 0.327. The lowest BCUT2D eigenvalue weighted by molar-refractivity contribution is -0.133. The van der Waals surface area contributed by atoms with Crippen molar-refractivity contribution in [1.82, 2.24) is 9.62 Å². The van der Waals surface area contributed by atoms with Gasteiger partial charge in [-0.3, -0.25) is 9.59 Å². The average molecular weight is 432 g/mol. The highest BCUT2D eigenvalue weighted by Gasteiger charge is 2.22. The number of nitrogens with one attached hydrogen (secondary N) is 2. The van der Waals surface area contributed by atoms with Gasteiger partial charge in [0.05, 0.1) is 4.90 Å². The molecule has 3 rings (SSSR count). The Labute approximate surface area is 176 Å². The van der Waals surface area contributed by atoms with Crippen molar-refractivity contribution in [3.05, 3.63) is 53.6 Å². The van der Waals surface area contributed by atoms with Crippen molar-refractivity contribution in [3.8, 4) is 5.75 Å². The summed E-state index contributed by atoms with van der Waals surface area (Å²) in [4.78, 5) is 25.5. The number of fused-ring (bicyclic) bond motifs is 1. The number of carbonyl (C=O) groups is 2. The van der Waals surface area contributed by atoms with Crippen LogP contribution >= 0.6 is 0 Å². The summed E-state index contributed by atoms with van der Waals surface area (Å²) in [5.41, 5.74) is 1.95. The highest BCUT2D eigenvalue weighted by Crippen LogP contribution is 2.23. The molecule has 1 aliphatic heterocycles. The number of amides is 2. The molecule has 2 aromatic carbocycles. The smallest absolute Gasteiger partial charge is 0.260 e. The third-order valence-corrected chi connectivity index (χ3v) is 6.40. The van der Waals surface area contributed by atoms with Crippen LogP contribution in [0.4, 0.5) is 5.69 Å². The van der Waals surface area contributed by atoms with Crippen LogP contribution in [-0.2, 0) is 26.2 Å². The normalized spacial score (nSPS) is 13.9. The monoisotopic (exact) mass is 431 g/mol. The number of carbonyl (C=O) groups excluding carboxylic acids is 2. The molecule has 160 valence electrons. The van der Waals surface area contributed by atoms with Gasteiger partial charge >= 0.3 is 0 Å². The molecule has 1 heterocycles. The van der Waals surface area contributed by atoms with E-state index in [0.29, 0.717) is 30.0 Å². The lowest BCUT2D eigenvalue weighted by atomic mass is 10.2. The minimum Gasteiger partial charge on any atom is -0.483 e. The van der Waals surface area contributed by atoms with Crippen LogP contribution in [-0.4, -0.2) is 44.8 Å². The fraction of sp³-hybridized carbons (Fsp3) is 0.333. The van der Waals surface area contributed by atoms with E-state index in [4.69, 9.17) is 4.74 Å². The predicted octanol–water partition coefficient (Wildman–Crippen LogP) is 2.04. The van der Waals surface area contributed by atoms with Gasteiger partial charge in [-0.25, -0.2) is 13.1 Å². The molecule has 0 radical (unpaired) electrons. The van der Waals surface area contributed by atoms with Crippen LogP contribution in [0.2, 0.25) is 0 Å². The molecule has 0 aliphatic carbocycles. The molecule has 2 aromatic rings. The minimum atomic E-state index is -3.76.